The van der Waals surface area contributed by atoms with E-state index in [9.17, 15) is 14.4 Å². The van der Waals surface area contributed by atoms with Gasteiger partial charge in [0.15, 0.2) is 11.5 Å². The lowest BCUT2D eigenvalue weighted by molar-refractivity contribution is 0.0325. The largest absolute Gasteiger partial charge is 0.453 e. The van der Waals surface area contributed by atoms with Gasteiger partial charge in [0.1, 0.15) is 11.8 Å². The molecule has 0 spiro atoms. The molecule has 0 radical (unpaired) electrons. The quantitative estimate of drug-likeness (QED) is 0.664. The van der Waals surface area contributed by atoms with Gasteiger partial charge >= 0.3 is 5.97 Å². The molecule has 2 aromatic rings. The molecular weight excluding hydrogens is 310 g/mol. The van der Waals surface area contributed by atoms with Crippen LogP contribution in [0.2, 0.25) is 0 Å². The van der Waals surface area contributed by atoms with Gasteiger partial charge in [0.25, 0.3) is 5.56 Å². The zero-order chi connectivity index (χ0) is 17.9. The third-order valence-electron chi connectivity index (χ3n) is 3.59. The Kier molecular flexibility index (Phi) is 5.13. The second-order valence-corrected chi connectivity index (χ2v) is 5.27. The van der Waals surface area contributed by atoms with E-state index in [4.69, 9.17) is 10.5 Å². The van der Waals surface area contributed by atoms with Gasteiger partial charge in [-0.3, -0.25) is 9.59 Å². The molecule has 126 valence electrons. The normalized spacial score (nSPS) is 11.8. The first kappa shape index (κ1) is 17.4. The Morgan fingerprint density at radius 2 is 1.92 bits per heavy atom. The van der Waals surface area contributed by atoms with Crippen molar-refractivity contribution in [2.75, 3.05) is 5.73 Å². The third-order valence-corrected chi connectivity index (χ3v) is 3.59. The first-order valence-electron chi connectivity index (χ1n) is 7.54. The van der Waals surface area contributed by atoms with Crippen LogP contribution in [0.4, 0.5) is 5.69 Å². The topological polar surface area (TPSA) is 104 Å². The van der Waals surface area contributed by atoms with E-state index in [0.29, 0.717) is 0 Å². The highest BCUT2D eigenvalue weighted by Crippen LogP contribution is 2.20. The van der Waals surface area contributed by atoms with Crippen molar-refractivity contribution in [3.05, 3.63) is 57.5 Å². The van der Waals surface area contributed by atoms with Gasteiger partial charge in [-0.25, -0.2) is 9.48 Å². The number of esters is 1. The van der Waals surface area contributed by atoms with E-state index in [1.807, 2.05) is 30.3 Å². The molecule has 1 atom stereocenters. The molecular formula is C17H19N3O4. The molecule has 1 aromatic carbocycles. The Hall–Kier alpha value is -2.96. The summed E-state index contributed by atoms with van der Waals surface area (Å²) in [6.07, 6.45) is -0.538. The maximum atomic E-state index is 12.5. The second kappa shape index (κ2) is 7.08. The number of rotatable bonds is 5. The van der Waals surface area contributed by atoms with Crippen molar-refractivity contribution in [3.63, 3.8) is 0 Å². The van der Waals surface area contributed by atoms with Gasteiger partial charge in [0.05, 0.1) is 5.56 Å². The molecule has 0 bridgehead atoms. The Morgan fingerprint density at radius 3 is 2.46 bits per heavy atom. The van der Waals surface area contributed by atoms with Crippen LogP contribution in [0, 0.1) is 0 Å². The minimum Gasteiger partial charge on any atom is -0.453 e. The van der Waals surface area contributed by atoms with E-state index >= 15 is 0 Å². The van der Waals surface area contributed by atoms with Gasteiger partial charge in [0.2, 0.25) is 0 Å². The van der Waals surface area contributed by atoms with Crippen molar-refractivity contribution in [2.24, 2.45) is 0 Å². The minimum atomic E-state index is -0.801. The van der Waals surface area contributed by atoms with Crippen molar-refractivity contribution in [1.82, 2.24) is 9.78 Å². The average molecular weight is 329 g/mol. The molecule has 1 heterocycles. The Bertz CT molecular complexity index is 828. The molecule has 0 saturated heterocycles. The number of aromatic nitrogens is 2. The zero-order valence-corrected chi connectivity index (χ0v) is 13.8. The molecule has 24 heavy (non-hydrogen) atoms. The summed E-state index contributed by atoms with van der Waals surface area (Å²) >= 11 is 0. The van der Waals surface area contributed by atoms with Gasteiger partial charge in [0, 0.05) is 6.54 Å². The molecule has 0 aliphatic rings. The van der Waals surface area contributed by atoms with Crippen LogP contribution in [-0.2, 0) is 11.3 Å². The summed E-state index contributed by atoms with van der Waals surface area (Å²) in [5.74, 6) is -1.31. The van der Waals surface area contributed by atoms with Crippen molar-refractivity contribution in [3.8, 4) is 0 Å². The standard InChI is InChI=1S/C17H19N3O4/c1-4-20-16(22)14(18)13(10(2)21)15(19-20)17(23)24-11(3)12-8-6-5-7-9-12/h5-9,11H,4,18H2,1-3H3. The second-order valence-electron chi connectivity index (χ2n) is 5.27. The highest BCUT2D eigenvalue weighted by molar-refractivity contribution is 6.07. The molecule has 1 unspecified atom stereocenters. The van der Waals surface area contributed by atoms with Crippen molar-refractivity contribution in [1.29, 1.82) is 0 Å². The molecule has 0 fully saturated rings. The highest BCUT2D eigenvalue weighted by atomic mass is 16.5. The summed E-state index contributed by atoms with van der Waals surface area (Å²) < 4.78 is 6.42. The summed E-state index contributed by atoms with van der Waals surface area (Å²) in [7, 11) is 0. The summed E-state index contributed by atoms with van der Waals surface area (Å²) in [5, 5.41) is 3.95. The molecule has 7 nitrogen and oxygen atoms in total. The fraction of sp³-hybridized carbons (Fsp3) is 0.294. The predicted octanol–water partition coefficient (Wildman–Crippen LogP) is 1.97. The number of carbonyl (C=O) groups is 2. The zero-order valence-electron chi connectivity index (χ0n) is 13.8. The third kappa shape index (κ3) is 3.34. The van der Waals surface area contributed by atoms with E-state index in [-0.39, 0.29) is 23.5 Å². The molecule has 2 rings (SSSR count). The number of benzene rings is 1. The minimum absolute atomic E-state index is 0.199. The van der Waals surface area contributed by atoms with Gasteiger partial charge < -0.3 is 10.5 Å². The van der Waals surface area contributed by atoms with E-state index < -0.39 is 23.4 Å². The summed E-state index contributed by atoms with van der Waals surface area (Å²) in [4.78, 5) is 36.3. The molecule has 2 N–H and O–H groups in total. The molecule has 0 saturated carbocycles. The predicted molar refractivity (Wildman–Crippen MR) is 88.9 cm³/mol. The summed E-state index contributed by atoms with van der Waals surface area (Å²) in [6.45, 7) is 4.83. The maximum Gasteiger partial charge on any atom is 0.360 e. The van der Waals surface area contributed by atoms with Crippen LogP contribution in [0.1, 0.15) is 53.3 Å². The van der Waals surface area contributed by atoms with Crippen molar-refractivity contribution < 1.29 is 14.3 Å². The fourth-order valence-corrected chi connectivity index (χ4v) is 2.31. The highest BCUT2D eigenvalue weighted by Gasteiger charge is 2.26. The Morgan fingerprint density at radius 1 is 1.29 bits per heavy atom. The van der Waals surface area contributed by atoms with Crippen LogP contribution in [0.3, 0.4) is 0 Å². The molecule has 0 amide bonds. The average Bonchev–Trinajstić information content (AvgIpc) is 2.57. The Balaban J connectivity index is 2.43. The number of hydrogen-bond donors (Lipinski definition) is 1. The van der Waals surface area contributed by atoms with E-state index in [1.165, 1.54) is 6.92 Å². The Labute approximate surface area is 139 Å². The van der Waals surface area contributed by atoms with E-state index in [0.717, 1.165) is 10.2 Å². The number of ether oxygens (including phenoxy) is 1. The number of aryl methyl sites for hydroxylation is 1. The molecule has 0 aliphatic heterocycles. The first-order valence-corrected chi connectivity index (χ1v) is 7.54. The number of Topliss-reactive ketones (excluding diaryl/α,β-unsaturated/α-hetero) is 1. The molecule has 0 aliphatic carbocycles. The lowest BCUT2D eigenvalue weighted by Crippen LogP contribution is -2.31. The van der Waals surface area contributed by atoms with Gasteiger partial charge in [-0.15, -0.1) is 0 Å². The maximum absolute atomic E-state index is 12.5. The number of carbonyl (C=O) groups excluding carboxylic acids is 2. The number of nitrogens with zero attached hydrogens (tertiary/aromatic N) is 2. The van der Waals surface area contributed by atoms with Gasteiger partial charge in [-0.05, 0) is 26.3 Å². The first-order chi connectivity index (χ1) is 11.4. The number of nitrogen functional groups attached to an aromatic ring is 1. The number of hydrogen-bond acceptors (Lipinski definition) is 6. The van der Waals surface area contributed by atoms with Crippen LogP contribution in [0.5, 0.6) is 0 Å². The lowest BCUT2D eigenvalue weighted by Gasteiger charge is -2.15. The van der Waals surface area contributed by atoms with Crippen molar-refractivity contribution >= 4 is 17.4 Å². The summed E-state index contributed by atoms with van der Waals surface area (Å²) in [5.41, 5.74) is 5.20. The van der Waals surface area contributed by atoms with Crippen LogP contribution >= 0.6 is 0 Å². The van der Waals surface area contributed by atoms with E-state index in [1.54, 1.807) is 13.8 Å². The van der Waals surface area contributed by atoms with Gasteiger partial charge in [-0.2, -0.15) is 5.10 Å². The van der Waals surface area contributed by atoms with Crippen LogP contribution in [0.25, 0.3) is 0 Å². The van der Waals surface area contributed by atoms with Gasteiger partial charge in [-0.1, -0.05) is 30.3 Å². The fourth-order valence-electron chi connectivity index (χ4n) is 2.31. The smallest absolute Gasteiger partial charge is 0.360 e. The lowest BCUT2D eigenvalue weighted by atomic mass is 10.1. The number of nitrogens with two attached hydrogens (primary N) is 1. The molecule has 1 aromatic heterocycles. The van der Waals surface area contributed by atoms with Crippen LogP contribution < -0.4 is 11.3 Å². The monoisotopic (exact) mass is 329 g/mol. The SMILES string of the molecule is CCn1nc(C(=O)OC(C)c2ccccc2)c(C(C)=O)c(N)c1=O. The van der Waals surface area contributed by atoms with Crippen LogP contribution in [0.15, 0.2) is 35.1 Å². The number of ketones is 1. The van der Waals surface area contributed by atoms with E-state index in [2.05, 4.69) is 5.10 Å². The summed E-state index contributed by atoms with van der Waals surface area (Å²) in [6, 6.07) is 9.14. The number of anilines is 1. The molecule has 7 heteroatoms. The van der Waals surface area contributed by atoms with Crippen molar-refractivity contribution in [2.45, 2.75) is 33.4 Å². The van der Waals surface area contributed by atoms with Crippen LogP contribution in [-0.4, -0.2) is 21.5 Å².